The average molecular weight is 212 g/mol. The SMILES string of the molecule is C=COCCOC(=O)Cc1ccsc1. The second kappa shape index (κ2) is 6.21. The van der Waals surface area contributed by atoms with Crippen molar-refractivity contribution in [2.75, 3.05) is 13.2 Å². The third-order valence-electron chi connectivity index (χ3n) is 1.51. The van der Waals surface area contributed by atoms with Crippen LogP contribution >= 0.6 is 11.3 Å². The predicted molar refractivity (Wildman–Crippen MR) is 55.1 cm³/mol. The van der Waals surface area contributed by atoms with E-state index in [1.54, 1.807) is 11.3 Å². The first-order chi connectivity index (χ1) is 6.83. The van der Waals surface area contributed by atoms with E-state index >= 15 is 0 Å². The third kappa shape index (κ3) is 4.09. The molecular formula is C10H12O3S. The predicted octanol–water partition coefficient (Wildman–Crippen LogP) is 1.99. The van der Waals surface area contributed by atoms with Gasteiger partial charge >= 0.3 is 5.97 Å². The van der Waals surface area contributed by atoms with E-state index in [4.69, 9.17) is 9.47 Å². The molecule has 1 aromatic rings. The molecule has 0 fully saturated rings. The molecule has 0 aliphatic rings. The Kier molecular flexibility index (Phi) is 4.78. The molecular weight excluding hydrogens is 200 g/mol. The molecule has 0 N–H and O–H groups in total. The normalized spacial score (nSPS) is 9.43. The van der Waals surface area contributed by atoms with Gasteiger partial charge < -0.3 is 9.47 Å². The zero-order valence-electron chi connectivity index (χ0n) is 7.77. The van der Waals surface area contributed by atoms with Crippen LogP contribution in [0.15, 0.2) is 29.7 Å². The molecule has 0 aromatic carbocycles. The maximum Gasteiger partial charge on any atom is 0.310 e. The van der Waals surface area contributed by atoms with Crippen LogP contribution in [0.5, 0.6) is 0 Å². The Balaban J connectivity index is 2.13. The molecule has 14 heavy (non-hydrogen) atoms. The lowest BCUT2D eigenvalue weighted by atomic mass is 10.2. The highest BCUT2D eigenvalue weighted by Crippen LogP contribution is 2.06. The van der Waals surface area contributed by atoms with Crippen LogP contribution in [0.3, 0.4) is 0 Å². The number of hydrogen-bond acceptors (Lipinski definition) is 4. The number of carbonyl (C=O) groups excluding carboxylic acids is 1. The third-order valence-corrected chi connectivity index (χ3v) is 2.24. The molecule has 1 heterocycles. The summed E-state index contributed by atoms with van der Waals surface area (Å²) >= 11 is 1.57. The zero-order valence-corrected chi connectivity index (χ0v) is 8.59. The van der Waals surface area contributed by atoms with Gasteiger partial charge in [0.15, 0.2) is 0 Å². The van der Waals surface area contributed by atoms with Gasteiger partial charge in [-0.3, -0.25) is 4.79 Å². The van der Waals surface area contributed by atoms with Crippen molar-refractivity contribution in [3.8, 4) is 0 Å². The zero-order chi connectivity index (χ0) is 10.2. The van der Waals surface area contributed by atoms with E-state index in [0.717, 1.165) is 5.56 Å². The molecule has 76 valence electrons. The fraction of sp³-hybridized carbons (Fsp3) is 0.300. The van der Waals surface area contributed by atoms with E-state index in [1.165, 1.54) is 6.26 Å². The van der Waals surface area contributed by atoms with Crippen LogP contribution in [0, 0.1) is 0 Å². The Morgan fingerprint density at radius 1 is 1.57 bits per heavy atom. The Hall–Kier alpha value is -1.29. The van der Waals surface area contributed by atoms with E-state index in [1.807, 2.05) is 16.8 Å². The van der Waals surface area contributed by atoms with Crippen molar-refractivity contribution in [2.24, 2.45) is 0 Å². The molecule has 0 aliphatic heterocycles. The van der Waals surface area contributed by atoms with Gasteiger partial charge in [0, 0.05) is 0 Å². The molecule has 1 rings (SSSR count). The van der Waals surface area contributed by atoms with Crippen molar-refractivity contribution in [2.45, 2.75) is 6.42 Å². The molecule has 0 saturated carbocycles. The second-order valence-corrected chi connectivity index (χ2v) is 3.35. The largest absolute Gasteiger partial charge is 0.498 e. The molecule has 1 aromatic heterocycles. The molecule has 0 radical (unpaired) electrons. The lowest BCUT2D eigenvalue weighted by molar-refractivity contribution is -0.143. The van der Waals surface area contributed by atoms with Gasteiger partial charge in [0.1, 0.15) is 13.2 Å². The van der Waals surface area contributed by atoms with Crippen LogP contribution in [0.25, 0.3) is 0 Å². The molecule has 0 bridgehead atoms. The minimum Gasteiger partial charge on any atom is -0.498 e. The maximum absolute atomic E-state index is 11.2. The topological polar surface area (TPSA) is 35.5 Å². The second-order valence-electron chi connectivity index (χ2n) is 2.57. The van der Waals surface area contributed by atoms with Gasteiger partial charge in [-0.15, -0.1) is 0 Å². The number of thiophene rings is 1. The number of hydrogen-bond donors (Lipinski definition) is 0. The summed E-state index contributed by atoms with van der Waals surface area (Å²) in [7, 11) is 0. The first-order valence-corrected chi connectivity index (χ1v) is 5.16. The van der Waals surface area contributed by atoms with E-state index in [0.29, 0.717) is 13.0 Å². The average Bonchev–Trinajstić information content (AvgIpc) is 2.65. The lowest BCUT2D eigenvalue weighted by Crippen LogP contribution is -2.11. The smallest absolute Gasteiger partial charge is 0.310 e. The van der Waals surface area contributed by atoms with Crippen molar-refractivity contribution >= 4 is 17.3 Å². The summed E-state index contributed by atoms with van der Waals surface area (Å²) in [5.41, 5.74) is 0.990. The summed E-state index contributed by atoms with van der Waals surface area (Å²) in [6.07, 6.45) is 1.66. The highest BCUT2D eigenvalue weighted by atomic mass is 32.1. The van der Waals surface area contributed by atoms with Crippen molar-refractivity contribution in [3.05, 3.63) is 35.2 Å². The van der Waals surface area contributed by atoms with Crippen LogP contribution in [-0.2, 0) is 20.7 Å². The fourth-order valence-corrected chi connectivity index (χ4v) is 1.57. The number of carbonyl (C=O) groups is 1. The summed E-state index contributed by atoms with van der Waals surface area (Å²) in [6.45, 7) is 4.01. The van der Waals surface area contributed by atoms with Gasteiger partial charge in [-0.25, -0.2) is 0 Å². The number of rotatable bonds is 6. The highest BCUT2D eigenvalue weighted by molar-refractivity contribution is 7.07. The van der Waals surface area contributed by atoms with E-state index < -0.39 is 0 Å². The summed E-state index contributed by atoms with van der Waals surface area (Å²) in [5.74, 6) is -0.226. The monoisotopic (exact) mass is 212 g/mol. The van der Waals surface area contributed by atoms with Gasteiger partial charge in [0.05, 0.1) is 12.7 Å². The fourth-order valence-electron chi connectivity index (χ4n) is 0.898. The van der Waals surface area contributed by atoms with Crippen LogP contribution in [0.1, 0.15) is 5.56 Å². The molecule has 0 spiro atoms. The molecule has 0 amide bonds. The van der Waals surface area contributed by atoms with Crippen LogP contribution < -0.4 is 0 Å². The van der Waals surface area contributed by atoms with Crippen LogP contribution in [-0.4, -0.2) is 19.2 Å². The highest BCUT2D eigenvalue weighted by Gasteiger charge is 2.04. The summed E-state index contributed by atoms with van der Waals surface area (Å²) in [6, 6.07) is 1.91. The first kappa shape index (κ1) is 10.8. The van der Waals surface area contributed by atoms with Gasteiger partial charge in [-0.1, -0.05) is 6.58 Å². The number of ether oxygens (including phenoxy) is 2. The van der Waals surface area contributed by atoms with E-state index in [2.05, 4.69) is 6.58 Å². The Morgan fingerprint density at radius 2 is 2.43 bits per heavy atom. The molecule has 4 heteroatoms. The minimum absolute atomic E-state index is 0.226. The first-order valence-electron chi connectivity index (χ1n) is 4.22. The van der Waals surface area contributed by atoms with Crippen molar-refractivity contribution < 1.29 is 14.3 Å². The summed E-state index contributed by atoms with van der Waals surface area (Å²) < 4.78 is 9.72. The molecule has 3 nitrogen and oxygen atoms in total. The molecule has 0 atom stereocenters. The lowest BCUT2D eigenvalue weighted by Gasteiger charge is -2.03. The molecule has 0 saturated heterocycles. The van der Waals surface area contributed by atoms with Crippen LogP contribution in [0.2, 0.25) is 0 Å². The van der Waals surface area contributed by atoms with Crippen molar-refractivity contribution in [3.63, 3.8) is 0 Å². The van der Waals surface area contributed by atoms with Crippen molar-refractivity contribution in [1.29, 1.82) is 0 Å². The van der Waals surface area contributed by atoms with Gasteiger partial charge in [0.25, 0.3) is 0 Å². The van der Waals surface area contributed by atoms with Gasteiger partial charge in [-0.05, 0) is 22.4 Å². The molecule has 0 aliphatic carbocycles. The van der Waals surface area contributed by atoms with Crippen LogP contribution in [0.4, 0.5) is 0 Å². The Morgan fingerprint density at radius 3 is 3.07 bits per heavy atom. The summed E-state index contributed by atoms with van der Waals surface area (Å²) in [5, 5.41) is 3.87. The summed E-state index contributed by atoms with van der Waals surface area (Å²) in [4.78, 5) is 11.2. The van der Waals surface area contributed by atoms with Gasteiger partial charge in [-0.2, -0.15) is 11.3 Å². The quantitative estimate of drug-likeness (QED) is 0.411. The van der Waals surface area contributed by atoms with E-state index in [9.17, 15) is 4.79 Å². The maximum atomic E-state index is 11.2. The minimum atomic E-state index is -0.226. The van der Waals surface area contributed by atoms with Crippen molar-refractivity contribution in [1.82, 2.24) is 0 Å². The standard InChI is InChI=1S/C10H12O3S/c1-2-12-4-5-13-10(11)7-9-3-6-14-8-9/h2-3,6,8H,1,4-5,7H2. The number of esters is 1. The Labute approximate surface area is 87.0 Å². The molecule has 0 unspecified atom stereocenters. The van der Waals surface area contributed by atoms with E-state index in [-0.39, 0.29) is 12.6 Å². The van der Waals surface area contributed by atoms with Gasteiger partial charge in [0.2, 0.25) is 0 Å². The Bertz CT molecular complexity index is 280.